The SMILES string of the molecule is CC(C)C1=CC(C)(C)n2c(-c3[c-]cccc3)nc3cccc1c32.Cc1ccc2c(n1)oc1c(-c3cc(C4CCCC4)ccn3)[c-]ccc12.[Ir]. The summed E-state index contributed by atoms with van der Waals surface area (Å²) in [5.74, 6) is 2.16. The van der Waals surface area contributed by atoms with E-state index in [4.69, 9.17) is 9.40 Å². The van der Waals surface area contributed by atoms with Gasteiger partial charge in [-0.2, -0.15) is 0 Å². The monoisotopic (exact) mass is 821 g/mol. The van der Waals surface area contributed by atoms with Crippen LogP contribution in [-0.4, -0.2) is 19.5 Å². The summed E-state index contributed by atoms with van der Waals surface area (Å²) >= 11 is 0. The molecule has 0 amide bonds. The van der Waals surface area contributed by atoms with Gasteiger partial charge in [-0.05, 0) is 81.0 Å². The van der Waals surface area contributed by atoms with Gasteiger partial charge in [-0.3, -0.25) is 4.98 Å². The summed E-state index contributed by atoms with van der Waals surface area (Å²) in [5, 5.41) is 2.12. The number of aromatic nitrogens is 4. The van der Waals surface area contributed by atoms with E-state index in [2.05, 4.69) is 103 Å². The Hall–Kier alpha value is -4.38. The maximum atomic E-state index is 6.10. The van der Waals surface area contributed by atoms with E-state index in [0.29, 0.717) is 17.5 Å². The van der Waals surface area contributed by atoms with E-state index in [1.807, 2.05) is 49.5 Å². The van der Waals surface area contributed by atoms with Gasteiger partial charge in [-0.1, -0.05) is 67.5 Å². The molecule has 1 aliphatic carbocycles. The van der Waals surface area contributed by atoms with Crippen LogP contribution in [0.4, 0.5) is 0 Å². The maximum absolute atomic E-state index is 6.10. The summed E-state index contributed by atoms with van der Waals surface area (Å²) in [6.07, 6.45) is 9.54. The second-order valence-electron chi connectivity index (χ2n) is 14.1. The zero-order chi connectivity index (χ0) is 33.0. The fourth-order valence-corrected chi connectivity index (χ4v) is 7.64. The molecule has 5 nitrogen and oxygen atoms in total. The third-order valence-corrected chi connectivity index (χ3v) is 9.95. The topological polar surface area (TPSA) is 56.7 Å². The number of rotatable bonds is 4. The van der Waals surface area contributed by atoms with E-state index >= 15 is 0 Å². The Kier molecular flexibility index (Phi) is 8.89. The Bertz CT molecular complexity index is 2320. The van der Waals surface area contributed by atoms with Crippen molar-refractivity contribution in [2.45, 2.75) is 71.8 Å². The quantitative estimate of drug-likeness (QED) is 0.166. The molecule has 3 aromatic carbocycles. The van der Waals surface area contributed by atoms with E-state index in [0.717, 1.165) is 50.2 Å². The van der Waals surface area contributed by atoms with Crippen molar-refractivity contribution >= 4 is 38.7 Å². The molecular formula is C43H40IrN4O-2. The number of aryl methyl sites for hydroxylation is 1. The van der Waals surface area contributed by atoms with Crippen molar-refractivity contribution in [3.63, 3.8) is 0 Å². The maximum Gasteiger partial charge on any atom is 0.216 e. The van der Waals surface area contributed by atoms with Crippen LogP contribution >= 0.6 is 0 Å². The number of imidazole rings is 1. The van der Waals surface area contributed by atoms with Gasteiger partial charge in [-0.15, -0.1) is 54.1 Å². The van der Waals surface area contributed by atoms with Crippen LogP contribution in [0, 0.1) is 25.0 Å². The Balaban J connectivity index is 0.000000152. The van der Waals surface area contributed by atoms with Gasteiger partial charge in [0.05, 0.1) is 28.0 Å². The van der Waals surface area contributed by atoms with E-state index in [1.165, 1.54) is 47.9 Å². The van der Waals surface area contributed by atoms with Crippen LogP contribution < -0.4 is 0 Å². The summed E-state index contributed by atoms with van der Waals surface area (Å²) in [5.41, 5.74) is 11.7. The van der Waals surface area contributed by atoms with Crippen LogP contribution in [0.2, 0.25) is 0 Å². The predicted molar refractivity (Wildman–Crippen MR) is 196 cm³/mol. The summed E-state index contributed by atoms with van der Waals surface area (Å²) < 4.78 is 8.47. The number of fused-ring (bicyclic) bond motifs is 3. The van der Waals surface area contributed by atoms with E-state index in [1.54, 1.807) is 0 Å². The third kappa shape index (κ3) is 5.96. The molecule has 6 heteroatoms. The van der Waals surface area contributed by atoms with Gasteiger partial charge in [0, 0.05) is 42.9 Å². The number of pyridine rings is 2. The fraction of sp³-hybridized carbons (Fsp3) is 0.279. The molecule has 0 atom stereocenters. The Labute approximate surface area is 301 Å². The molecule has 0 bridgehead atoms. The van der Waals surface area contributed by atoms with Crippen molar-refractivity contribution in [2.75, 3.05) is 0 Å². The van der Waals surface area contributed by atoms with Gasteiger partial charge < -0.3 is 14.0 Å². The average Bonchev–Trinajstić information content (AvgIpc) is 3.85. The largest absolute Gasteiger partial charge is 0.486 e. The molecule has 0 saturated heterocycles. The molecule has 1 aliphatic heterocycles. The van der Waals surface area contributed by atoms with Gasteiger partial charge >= 0.3 is 0 Å². The van der Waals surface area contributed by atoms with Crippen LogP contribution in [0.1, 0.15) is 76.1 Å². The molecule has 0 unspecified atom stereocenters. The molecule has 1 radical (unpaired) electrons. The first-order chi connectivity index (χ1) is 23.3. The predicted octanol–water partition coefficient (Wildman–Crippen LogP) is 11.1. The van der Waals surface area contributed by atoms with Crippen molar-refractivity contribution < 1.29 is 24.5 Å². The molecule has 249 valence electrons. The Morgan fingerprint density at radius 2 is 1.73 bits per heavy atom. The standard InChI is InChI=1S/C22H19N2O.C21H21N2.Ir/c1-14-9-10-18-17-7-4-8-19(21(17)25-22(18)24-14)20-13-16(11-12-23-20)15-5-2-3-6-15;1-14(2)17-13-21(3,4)23-19-16(17)11-8-12-18(19)22-20(23)15-9-6-5-7-10-15;/h4,7,9-13,15H,2-3,5-6H2,1H3;5-9,11-14H,1-4H3;/q2*-1;. The van der Waals surface area contributed by atoms with Crippen molar-refractivity contribution in [1.29, 1.82) is 0 Å². The van der Waals surface area contributed by atoms with Crippen LogP contribution in [0.15, 0.2) is 95.6 Å². The zero-order valence-electron chi connectivity index (χ0n) is 28.7. The minimum atomic E-state index is -0.109. The first kappa shape index (κ1) is 33.1. The minimum absolute atomic E-state index is 0. The Morgan fingerprint density at radius 3 is 2.51 bits per heavy atom. The van der Waals surface area contributed by atoms with Gasteiger partial charge in [0.1, 0.15) is 0 Å². The molecule has 49 heavy (non-hydrogen) atoms. The smallest absolute Gasteiger partial charge is 0.216 e. The van der Waals surface area contributed by atoms with E-state index in [-0.39, 0.29) is 25.6 Å². The number of hydrogen-bond acceptors (Lipinski definition) is 4. The van der Waals surface area contributed by atoms with Crippen LogP contribution in [0.5, 0.6) is 0 Å². The molecule has 4 aromatic heterocycles. The van der Waals surface area contributed by atoms with E-state index < -0.39 is 0 Å². The molecule has 1 fully saturated rings. The number of para-hydroxylation sites is 1. The third-order valence-electron chi connectivity index (χ3n) is 9.95. The first-order valence-corrected chi connectivity index (χ1v) is 17.2. The number of nitrogens with zero attached hydrogens (tertiary/aromatic N) is 4. The second-order valence-corrected chi connectivity index (χ2v) is 14.1. The van der Waals surface area contributed by atoms with Gasteiger partial charge in [0.2, 0.25) is 5.71 Å². The van der Waals surface area contributed by atoms with Gasteiger partial charge in [0.15, 0.2) is 0 Å². The summed E-state index contributed by atoms with van der Waals surface area (Å²) in [6, 6.07) is 33.7. The molecule has 0 spiro atoms. The molecule has 7 aromatic rings. The number of hydrogen-bond donors (Lipinski definition) is 0. The second kappa shape index (κ2) is 13.2. The van der Waals surface area contributed by atoms with Crippen molar-refractivity contribution in [1.82, 2.24) is 19.5 Å². The van der Waals surface area contributed by atoms with Crippen molar-refractivity contribution in [2.24, 2.45) is 5.92 Å². The summed E-state index contributed by atoms with van der Waals surface area (Å²) in [6.45, 7) is 11.0. The number of furan rings is 1. The van der Waals surface area contributed by atoms with Crippen molar-refractivity contribution in [3.8, 4) is 22.6 Å². The summed E-state index contributed by atoms with van der Waals surface area (Å²) in [4.78, 5) is 14.1. The molecule has 0 N–H and O–H groups in total. The molecule has 1 saturated carbocycles. The summed E-state index contributed by atoms with van der Waals surface area (Å²) in [7, 11) is 0. The van der Waals surface area contributed by atoms with Crippen LogP contribution in [0.25, 0.3) is 61.3 Å². The minimum Gasteiger partial charge on any atom is -0.486 e. The van der Waals surface area contributed by atoms with Crippen LogP contribution in [0.3, 0.4) is 0 Å². The van der Waals surface area contributed by atoms with E-state index in [9.17, 15) is 0 Å². The number of benzene rings is 3. The number of allylic oxidation sites excluding steroid dienone is 2. The molecular weight excluding hydrogens is 781 g/mol. The molecule has 2 aliphatic rings. The molecule has 5 heterocycles. The van der Waals surface area contributed by atoms with Crippen molar-refractivity contribution in [3.05, 3.63) is 120 Å². The normalized spacial score (nSPS) is 15.3. The van der Waals surface area contributed by atoms with Gasteiger partial charge in [-0.25, -0.2) is 4.98 Å². The average molecular weight is 821 g/mol. The Morgan fingerprint density at radius 1 is 0.898 bits per heavy atom. The van der Waals surface area contributed by atoms with Gasteiger partial charge in [0.25, 0.3) is 0 Å². The van der Waals surface area contributed by atoms with Crippen LogP contribution in [-0.2, 0) is 25.6 Å². The fourth-order valence-electron chi connectivity index (χ4n) is 7.64. The zero-order valence-corrected chi connectivity index (χ0v) is 31.1. The molecule has 9 rings (SSSR count). The first-order valence-electron chi connectivity index (χ1n) is 17.2.